The Labute approximate surface area is 239 Å². The summed E-state index contributed by atoms with van der Waals surface area (Å²) in [6.07, 6.45) is 1.59. The SMILES string of the molecule is CCOC(=O)CN(Cc1cccc(N)c1)C(=O)C(Nc1ccc2cc[nH]c(=O)c2c1)c1ccc([C@@H](C)CO)c(C)c1. The van der Waals surface area contributed by atoms with Crippen molar-refractivity contribution in [3.8, 4) is 0 Å². The number of ether oxygens (including phenoxy) is 1. The monoisotopic (exact) mass is 556 g/mol. The number of aryl methyl sites for hydroxylation is 1. The second-order valence-corrected chi connectivity index (χ2v) is 10.1. The highest BCUT2D eigenvalue weighted by Gasteiger charge is 2.29. The predicted octanol–water partition coefficient (Wildman–Crippen LogP) is 4.26. The molecule has 0 aliphatic carbocycles. The molecule has 0 spiro atoms. The highest BCUT2D eigenvalue weighted by atomic mass is 16.5. The topological polar surface area (TPSA) is 138 Å². The quantitative estimate of drug-likeness (QED) is 0.160. The summed E-state index contributed by atoms with van der Waals surface area (Å²) in [6, 6.07) is 19.1. The van der Waals surface area contributed by atoms with Gasteiger partial charge in [-0.15, -0.1) is 0 Å². The number of aromatic amines is 1. The number of aliphatic hydroxyl groups is 1. The third-order valence-corrected chi connectivity index (χ3v) is 7.03. The van der Waals surface area contributed by atoms with Gasteiger partial charge in [0.05, 0.1) is 6.61 Å². The minimum absolute atomic E-state index is 0.0000433. The highest BCUT2D eigenvalue weighted by Crippen LogP contribution is 2.28. The van der Waals surface area contributed by atoms with Gasteiger partial charge in [0, 0.05) is 42.0 Å². The van der Waals surface area contributed by atoms with Crippen LogP contribution in [0.1, 0.15) is 48.1 Å². The van der Waals surface area contributed by atoms with Gasteiger partial charge in [0.15, 0.2) is 0 Å². The zero-order valence-corrected chi connectivity index (χ0v) is 23.5. The van der Waals surface area contributed by atoms with E-state index in [0.717, 1.165) is 22.1 Å². The molecule has 4 aromatic rings. The summed E-state index contributed by atoms with van der Waals surface area (Å²) < 4.78 is 5.18. The molecule has 0 fully saturated rings. The van der Waals surface area contributed by atoms with Gasteiger partial charge >= 0.3 is 5.97 Å². The number of carbonyl (C=O) groups excluding carboxylic acids is 2. The number of nitrogen functional groups attached to an aromatic ring is 1. The second-order valence-electron chi connectivity index (χ2n) is 10.1. The van der Waals surface area contributed by atoms with E-state index in [4.69, 9.17) is 10.5 Å². The molecule has 0 radical (unpaired) electrons. The van der Waals surface area contributed by atoms with Gasteiger partial charge in [-0.25, -0.2) is 0 Å². The summed E-state index contributed by atoms with van der Waals surface area (Å²) in [6.45, 7) is 5.65. The smallest absolute Gasteiger partial charge is 0.325 e. The lowest BCUT2D eigenvalue weighted by molar-refractivity contribution is -0.149. The number of nitrogens with zero attached hydrogens (tertiary/aromatic N) is 1. The largest absolute Gasteiger partial charge is 0.465 e. The van der Waals surface area contributed by atoms with Crippen LogP contribution < -0.4 is 16.6 Å². The van der Waals surface area contributed by atoms with Crippen molar-refractivity contribution in [2.75, 3.05) is 30.8 Å². The molecular formula is C32H36N4O5. The van der Waals surface area contributed by atoms with Gasteiger partial charge in [0.1, 0.15) is 12.6 Å². The molecule has 1 aromatic heterocycles. The van der Waals surface area contributed by atoms with Gasteiger partial charge in [-0.1, -0.05) is 43.3 Å². The van der Waals surface area contributed by atoms with E-state index in [0.29, 0.717) is 22.3 Å². The summed E-state index contributed by atoms with van der Waals surface area (Å²) in [5, 5.41) is 14.3. The number of hydrogen-bond acceptors (Lipinski definition) is 7. The van der Waals surface area contributed by atoms with Crippen LogP contribution in [0.5, 0.6) is 0 Å². The predicted molar refractivity (Wildman–Crippen MR) is 161 cm³/mol. The third-order valence-electron chi connectivity index (χ3n) is 7.03. The molecule has 0 saturated carbocycles. The maximum Gasteiger partial charge on any atom is 0.325 e. The van der Waals surface area contributed by atoms with E-state index in [1.165, 1.54) is 4.90 Å². The summed E-state index contributed by atoms with van der Waals surface area (Å²) >= 11 is 0. The van der Waals surface area contributed by atoms with Crippen molar-refractivity contribution < 1.29 is 19.4 Å². The maximum absolute atomic E-state index is 14.3. The minimum Gasteiger partial charge on any atom is -0.465 e. The fraction of sp³-hybridized carbons (Fsp3) is 0.281. The van der Waals surface area contributed by atoms with Crippen LogP contribution in [-0.4, -0.2) is 46.6 Å². The Hall–Kier alpha value is -4.63. The first-order valence-corrected chi connectivity index (χ1v) is 13.6. The molecule has 9 nitrogen and oxygen atoms in total. The van der Waals surface area contributed by atoms with Gasteiger partial charge in [-0.2, -0.15) is 0 Å². The Balaban J connectivity index is 1.77. The van der Waals surface area contributed by atoms with Crippen LogP contribution in [0.15, 0.2) is 77.7 Å². The molecule has 41 heavy (non-hydrogen) atoms. The molecule has 4 rings (SSSR count). The number of anilines is 2. The molecule has 1 unspecified atom stereocenters. The zero-order chi connectivity index (χ0) is 29.5. The average molecular weight is 557 g/mol. The van der Waals surface area contributed by atoms with E-state index in [9.17, 15) is 19.5 Å². The Bertz CT molecular complexity index is 1600. The van der Waals surface area contributed by atoms with Crippen LogP contribution in [0.25, 0.3) is 10.8 Å². The van der Waals surface area contributed by atoms with Gasteiger partial charge in [0.25, 0.3) is 11.5 Å². The van der Waals surface area contributed by atoms with Crippen molar-refractivity contribution in [1.29, 1.82) is 0 Å². The molecule has 214 valence electrons. The van der Waals surface area contributed by atoms with Crippen molar-refractivity contribution in [2.24, 2.45) is 0 Å². The lowest BCUT2D eigenvalue weighted by Crippen LogP contribution is -2.41. The van der Waals surface area contributed by atoms with E-state index in [2.05, 4.69) is 10.3 Å². The molecule has 0 bridgehead atoms. The van der Waals surface area contributed by atoms with Gasteiger partial charge in [0.2, 0.25) is 0 Å². The molecule has 0 aliphatic heterocycles. The van der Waals surface area contributed by atoms with Crippen LogP contribution in [0.3, 0.4) is 0 Å². The molecule has 1 heterocycles. The maximum atomic E-state index is 14.3. The van der Waals surface area contributed by atoms with Gasteiger partial charge < -0.3 is 30.8 Å². The number of H-pyrrole nitrogens is 1. The number of amides is 1. The number of pyridine rings is 1. The van der Waals surface area contributed by atoms with Crippen molar-refractivity contribution in [2.45, 2.75) is 39.3 Å². The first kappa shape index (κ1) is 29.4. The fourth-order valence-corrected chi connectivity index (χ4v) is 4.93. The summed E-state index contributed by atoms with van der Waals surface area (Å²) in [5.41, 5.74) is 10.2. The number of rotatable bonds is 11. The van der Waals surface area contributed by atoms with Crippen LogP contribution in [-0.2, 0) is 20.9 Å². The van der Waals surface area contributed by atoms with Gasteiger partial charge in [-0.05, 0) is 71.8 Å². The van der Waals surface area contributed by atoms with Crippen LogP contribution in [0, 0.1) is 6.92 Å². The molecule has 3 aromatic carbocycles. The second kappa shape index (κ2) is 13.1. The van der Waals surface area contributed by atoms with E-state index in [-0.39, 0.29) is 43.7 Å². The number of nitrogens with two attached hydrogens (primary N) is 1. The number of esters is 1. The highest BCUT2D eigenvalue weighted by molar-refractivity contribution is 5.90. The first-order valence-electron chi connectivity index (χ1n) is 13.6. The van der Waals surface area contributed by atoms with Gasteiger partial charge in [-0.3, -0.25) is 14.4 Å². The summed E-state index contributed by atoms with van der Waals surface area (Å²) in [4.78, 5) is 43.5. The van der Waals surface area contributed by atoms with Crippen molar-refractivity contribution >= 4 is 34.0 Å². The summed E-state index contributed by atoms with van der Waals surface area (Å²) in [5.74, 6) is -0.948. The number of fused-ring (bicyclic) bond motifs is 1. The number of benzene rings is 3. The standard InChI is InChI=1S/C32H36N4O5/c1-4-41-29(38)18-36(17-22-6-5-7-25(33)15-22)32(40)30(24-9-11-27(20(2)14-24)21(3)19-37)35-26-10-8-23-12-13-34-31(39)28(23)16-26/h5-16,21,30,35,37H,4,17-19,33H2,1-3H3,(H,34,39)/t21-,30?/m0/s1. The minimum atomic E-state index is -0.900. The molecule has 2 atom stereocenters. The summed E-state index contributed by atoms with van der Waals surface area (Å²) in [7, 11) is 0. The zero-order valence-electron chi connectivity index (χ0n) is 23.5. The number of aromatic nitrogens is 1. The van der Waals surface area contributed by atoms with E-state index in [1.54, 1.807) is 43.5 Å². The van der Waals surface area contributed by atoms with Crippen LogP contribution in [0.4, 0.5) is 11.4 Å². The van der Waals surface area contributed by atoms with Crippen LogP contribution in [0.2, 0.25) is 0 Å². The average Bonchev–Trinajstić information content (AvgIpc) is 2.95. The third kappa shape index (κ3) is 7.12. The van der Waals surface area contributed by atoms with Crippen LogP contribution >= 0.6 is 0 Å². The van der Waals surface area contributed by atoms with Crippen molar-refractivity contribution in [3.05, 3.63) is 106 Å². The molecule has 1 amide bonds. The van der Waals surface area contributed by atoms with Crippen molar-refractivity contribution in [3.63, 3.8) is 0 Å². The Morgan fingerprint density at radius 2 is 1.90 bits per heavy atom. The van der Waals surface area contributed by atoms with E-state index < -0.39 is 12.0 Å². The molecule has 0 aliphatic rings. The Morgan fingerprint density at radius 1 is 1.10 bits per heavy atom. The number of hydrogen-bond donors (Lipinski definition) is 4. The lowest BCUT2D eigenvalue weighted by Gasteiger charge is -2.29. The number of carbonyl (C=O) groups is 2. The molecule has 0 saturated heterocycles. The number of nitrogens with one attached hydrogen (secondary N) is 2. The molecular weight excluding hydrogens is 520 g/mol. The number of aliphatic hydroxyl groups excluding tert-OH is 1. The molecule has 9 heteroatoms. The Morgan fingerprint density at radius 3 is 2.61 bits per heavy atom. The normalized spacial score (nSPS) is 12.5. The lowest BCUT2D eigenvalue weighted by atomic mass is 9.93. The fourth-order valence-electron chi connectivity index (χ4n) is 4.93. The van der Waals surface area contributed by atoms with Crippen molar-refractivity contribution in [1.82, 2.24) is 9.88 Å². The molecule has 5 N–H and O–H groups in total. The Kier molecular flexibility index (Phi) is 9.41. The van der Waals surface area contributed by atoms with E-state index in [1.807, 2.05) is 50.2 Å². The van der Waals surface area contributed by atoms with E-state index >= 15 is 0 Å². The first-order chi connectivity index (χ1) is 19.7.